The van der Waals surface area contributed by atoms with E-state index in [1.54, 1.807) is 57.4 Å². The normalized spacial score (nSPS) is 12.4. The Hall–Kier alpha value is -2.58. The second kappa shape index (κ2) is 10.3. The van der Waals surface area contributed by atoms with Crippen LogP contribution < -0.4 is 19.5 Å². The Balaban J connectivity index is 1.81. The average Bonchev–Trinajstić information content (AvgIpc) is 2.72. The molecule has 0 saturated heterocycles. The topological polar surface area (TPSA) is 93.7 Å². The van der Waals surface area contributed by atoms with Gasteiger partial charge >= 0.3 is 0 Å². The van der Waals surface area contributed by atoms with Crippen LogP contribution in [-0.4, -0.2) is 40.0 Å². The number of hydrogen-bond donors (Lipinski definition) is 2. The number of nitrogens with one attached hydrogen (secondary N) is 2. The van der Waals surface area contributed by atoms with Crippen molar-refractivity contribution < 1.29 is 22.7 Å². The van der Waals surface area contributed by atoms with Gasteiger partial charge in [0.1, 0.15) is 11.5 Å². The maximum Gasteiger partial charge on any atom is 0.253 e. The second-order valence-corrected chi connectivity index (χ2v) is 9.26. The summed E-state index contributed by atoms with van der Waals surface area (Å²) in [5.41, 5.74) is 1.51. The van der Waals surface area contributed by atoms with Crippen LogP contribution in [0.5, 0.6) is 11.5 Å². The molecule has 0 radical (unpaired) electrons. The van der Waals surface area contributed by atoms with Gasteiger partial charge in [-0.05, 0) is 61.7 Å². The minimum Gasteiger partial charge on any atom is -0.497 e. The minimum atomic E-state index is -3.28. The summed E-state index contributed by atoms with van der Waals surface area (Å²) in [7, 11) is -1.71. The Morgan fingerprint density at radius 2 is 1.55 bits per heavy atom. The van der Waals surface area contributed by atoms with Crippen LogP contribution in [0.15, 0.2) is 48.5 Å². The van der Waals surface area contributed by atoms with Crippen molar-refractivity contribution in [3.8, 4) is 11.5 Å². The quantitative estimate of drug-likeness (QED) is 0.577. The lowest BCUT2D eigenvalue weighted by molar-refractivity contribution is 0.0919. The lowest BCUT2D eigenvalue weighted by Crippen LogP contribution is -2.33. The number of carbonyl (C=O) groups is 1. The molecule has 0 bridgehead atoms. The van der Waals surface area contributed by atoms with E-state index in [4.69, 9.17) is 9.47 Å². The molecule has 0 saturated carbocycles. The summed E-state index contributed by atoms with van der Waals surface area (Å²) in [4.78, 5) is 12.1. The molecule has 29 heavy (non-hydrogen) atoms. The first kappa shape index (κ1) is 22.7. The molecule has 1 atom stereocenters. The zero-order valence-electron chi connectivity index (χ0n) is 17.1. The number of ether oxygens (including phenoxy) is 2. The first-order valence-electron chi connectivity index (χ1n) is 9.36. The molecule has 0 heterocycles. The van der Waals surface area contributed by atoms with Crippen LogP contribution >= 0.6 is 0 Å². The first-order chi connectivity index (χ1) is 13.7. The third-order valence-electron chi connectivity index (χ3n) is 4.48. The summed E-state index contributed by atoms with van der Waals surface area (Å²) < 4.78 is 37.0. The zero-order valence-corrected chi connectivity index (χ0v) is 18.0. The maximum atomic E-state index is 12.1. The van der Waals surface area contributed by atoms with Crippen molar-refractivity contribution in [1.29, 1.82) is 0 Å². The number of methoxy groups -OCH3 is 1. The van der Waals surface area contributed by atoms with Gasteiger partial charge in [-0.1, -0.05) is 19.1 Å². The van der Waals surface area contributed by atoms with E-state index in [1.165, 1.54) is 0 Å². The fraction of sp³-hybridized carbons (Fsp3) is 0.381. The van der Waals surface area contributed by atoms with Gasteiger partial charge in [0.2, 0.25) is 10.0 Å². The van der Waals surface area contributed by atoms with Gasteiger partial charge in [0.05, 0.1) is 12.4 Å². The smallest absolute Gasteiger partial charge is 0.253 e. The van der Waals surface area contributed by atoms with Gasteiger partial charge in [-0.15, -0.1) is 0 Å². The molecular weight excluding hydrogens is 392 g/mol. The molecule has 2 aromatic carbocycles. The third kappa shape index (κ3) is 6.76. The van der Waals surface area contributed by atoms with Crippen molar-refractivity contribution in [2.45, 2.75) is 31.9 Å². The summed E-state index contributed by atoms with van der Waals surface area (Å²) in [6.45, 7) is 5.61. The Morgan fingerprint density at radius 1 is 0.966 bits per heavy atom. The molecule has 2 rings (SSSR count). The molecule has 0 aromatic heterocycles. The maximum absolute atomic E-state index is 12.1. The number of rotatable bonds is 10. The van der Waals surface area contributed by atoms with Gasteiger partial charge in [0.15, 0.2) is 6.73 Å². The van der Waals surface area contributed by atoms with E-state index in [2.05, 4.69) is 10.0 Å². The summed E-state index contributed by atoms with van der Waals surface area (Å²) >= 11 is 0. The molecule has 0 aliphatic rings. The largest absolute Gasteiger partial charge is 0.497 e. The molecule has 0 aliphatic heterocycles. The van der Waals surface area contributed by atoms with Gasteiger partial charge in [-0.3, -0.25) is 4.79 Å². The summed E-state index contributed by atoms with van der Waals surface area (Å²) in [5, 5.41) is 2.23. The lowest BCUT2D eigenvalue weighted by Gasteiger charge is -2.15. The van der Waals surface area contributed by atoms with Gasteiger partial charge in [0.25, 0.3) is 5.91 Å². The van der Waals surface area contributed by atoms with Gasteiger partial charge in [-0.2, -0.15) is 0 Å². The molecule has 1 unspecified atom stereocenters. The fourth-order valence-corrected chi connectivity index (χ4v) is 3.26. The van der Waals surface area contributed by atoms with Gasteiger partial charge in [0, 0.05) is 12.1 Å². The van der Waals surface area contributed by atoms with Crippen LogP contribution in [0.1, 0.15) is 42.6 Å². The number of carbonyl (C=O) groups excluding carboxylic acids is 1. The highest BCUT2D eigenvalue weighted by Gasteiger charge is 2.17. The highest BCUT2D eigenvalue weighted by atomic mass is 32.2. The first-order valence-corrected chi connectivity index (χ1v) is 10.9. The van der Waals surface area contributed by atoms with Crippen molar-refractivity contribution in [3.05, 3.63) is 59.7 Å². The van der Waals surface area contributed by atoms with Crippen LogP contribution in [-0.2, 0) is 10.0 Å². The number of sulfonamides is 1. The van der Waals surface area contributed by atoms with Crippen LogP contribution in [0.3, 0.4) is 0 Å². The predicted molar refractivity (Wildman–Crippen MR) is 113 cm³/mol. The third-order valence-corrected chi connectivity index (χ3v) is 6.29. The van der Waals surface area contributed by atoms with E-state index in [-0.39, 0.29) is 18.6 Å². The molecule has 2 aromatic rings. The molecule has 2 N–H and O–H groups in total. The molecule has 8 heteroatoms. The van der Waals surface area contributed by atoms with E-state index < -0.39 is 15.3 Å². The molecule has 7 nitrogen and oxygen atoms in total. The highest BCUT2D eigenvalue weighted by molar-refractivity contribution is 7.90. The second-order valence-electron chi connectivity index (χ2n) is 6.94. The summed E-state index contributed by atoms with van der Waals surface area (Å²) in [6, 6.07) is 14.2. The van der Waals surface area contributed by atoms with E-state index in [9.17, 15) is 13.2 Å². The summed E-state index contributed by atoms with van der Waals surface area (Å²) in [6.07, 6.45) is 0. The number of hydrogen-bond acceptors (Lipinski definition) is 5. The van der Waals surface area contributed by atoms with E-state index in [0.29, 0.717) is 23.6 Å². The molecule has 1 amide bonds. The average molecular weight is 421 g/mol. The van der Waals surface area contributed by atoms with Crippen molar-refractivity contribution >= 4 is 15.9 Å². The van der Waals surface area contributed by atoms with Crippen molar-refractivity contribution in [2.24, 2.45) is 0 Å². The SMILES string of the molecule is COc1ccc(C(=O)NCOc2ccc(C(C)CNS(=O)(=O)C(C)C)cc2)cc1. The highest BCUT2D eigenvalue weighted by Crippen LogP contribution is 2.19. The number of benzene rings is 2. The Kier molecular flexibility index (Phi) is 8.04. The van der Waals surface area contributed by atoms with E-state index in [1.807, 2.05) is 19.1 Å². The molecular formula is C21H28N2O5S. The lowest BCUT2D eigenvalue weighted by atomic mass is 10.0. The summed E-state index contributed by atoms with van der Waals surface area (Å²) in [5.74, 6) is 1.07. The van der Waals surface area contributed by atoms with Crippen LogP contribution in [0.2, 0.25) is 0 Å². The van der Waals surface area contributed by atoms with Crippen molar-refractivity contribution in [2.75, 3.05) is 20.4 Å². The van der Waals surface area contributed by atoms with E-state index in [0.717, 1.165) is 5.56 Å². The van der Waals surface area contributed by atoms with Gasteiger partial charge in [-0.25, -0.2) is 13.1 Å². The Labute approximate surface area is 172 Å². The molecule has 0 spiro atoms. The van der Waals surface area contributed by atoms with Gasteiger partial charge < -0.3 is 14.8 Å². The monoisotopic (exact) mass is 420 g/mol. The van der Waals surface area contributed by atoms with Crippen molar-refractivity contribution in [3.63, 3.8) is 0 Å². The standard InChI is InChI=1S/C21H28N2O5S/c1-15(2)29(25,26)23-13-16(3)17-5-11-20(12-6-17)28-14-22-21(24)18-7-9-19(27-4)10-8-18/h5-12,15-16,23H,13-14H2,1-4H3,(H,22,24). The zero-order chi connectivity index (χ0) is 21.4. The predicted octanol–water partition coefficient (Wildman–Crippen LogP) is 2.89. The molecule has 0 fully saturated rings. The Morgan fingerprint density at radius 3 is 2.10 bits per heavy atom. The minimum absolute atomic E-state index is 0.0207. The fourth-order valence-electron chi connectivity index (χ4n) is 2.45. The van der Waals surface area contributed by atoms with Crippen LogP contribution in [0, 0.1) is 0 Å². The Bertz CT molecular complexity index is 894. The van der Waals surface area contributed by atoms with E-state index >= 15 is 0 Å². The van der Waals surface area contributed by atoms with Crippen LogP contribution in [0.25, 0.3) is 0 Å². The number of amides is 1. The molecule has 0 aliphatic carbocycles. The van der Waals surface area contributed by atoms with Crippen molar-refractivity contribution in [1.82, 2.24) is 10.0 Å². The van der Waals surface area contributed by atoms with Crippen LogP contribution in [0.4, 0.5) is 0 Å². The molecule has 158 valence electrons.